The lowest BCUT2D eigenvalue weighted by Crippen LogP contribution is -2.47. The van der Waals surface area contributed by atoms with Crippen LogP contribution in [-0.2, 0) is 4.79 Å². The molecule has 1 aliphatic rings. The topological polar surface area (TPSA) is 20.3 Å². The summed E-state index contributed by atoms with van der Waals surface area (Å²) < 4.78 is 0. The van der Waals surface area contributed by atoms with E-state index in [-0.39, 0.29) is 0 Å². The Labute approximate surface area is 98.0 Å². The second kappa shape index (κ2) is 6.37. The van der Waals surface area contributed by atoms with E-state index in [1.165, 1.54) is 6.42 Å². The van der Waals surface area contributed by atoms with Crippen molar-refractivity contribution in [3.8, 4) is 0 Å². The number of hydrogen-bond acceptors (Lipinski definition) is 1. The highest BCUT2D eigenvalue weighted by atomic mass is 35.5. The Bertz CT molecular complexity index is 198. The smallest absolute Gasteiger partial charge is 0.223 e. The molecule has 0 aliphatic carbocycles. The summed E-state index contributed by atoms with van der Waals surface area (Å²) in [6, 6.07) is 0.856. The monoisotopic (exact) mass is 231 g/mol. The van der Waals surface area contributed by atoms with Gasteiger partial charge in [0.25, 0.3) is 0 Å². The van der Waals surface area contributed by atoms with Gasteiger partial charge in [-0.05, 0) is 46.0 Å². The molecule has 15 heavy (non-hydrogen) atoms. The Morgan fingerprint density at radius 1 is 1.27 bits per heavy atom. The highest BCUT2D eigenvalue weighted by Crippen LogP contribution is 2.23. The van der Waals surface area contributed by atoms with Gasteiger partial charge in [0.05, 0.1) is 0 Å². The van der Waals surface area contributed by atoms with Gasteiger partial charge in [-0.25, -0.2) is 0 Å². The van der Waals surface area contributed by atoms with Crippen molar-refractivity contribution in [3.05, 3.63) is 0 Å². The van der Waals surface area contributed by atoms with Gasteiger partial charge in [0.15, 0.2) is 0 Å². The van der Waals surface area contributed by atoms with E-state index < -0.39 is 0 Å². The molecule has 0 N–H and O–H groups in total. The van der Waals surface area contributed by atoms with Crippen molar-refractivity contribution in [2.45, 2.75) is 64.5 Å². The molecular formula is C12H22ClNO. The van der Waals surface area contributed by atoms with Crippen molar-refractivity contribution in [1.29, 1.82) is 0 Å². The van der Waals surface area contributed by atoms with Crippen molar-refractivity contribution in [2.24, 2.45) is 0 Å². The maximum Gasteiger partial charge on any atom is 0.223 e. The van der Waals surface area contributed by atoms with Crippen LogP contribution >= 0.6 is 11.6 Å². The molecule has 1 saturated heterocycles. The summed E-state index contributed by atoms with van der Waals surface area (Å²) in [5.74, 6) is 0.984. The van der Waals surface area contributed by atoms with Crippen LogP contribution in [0.15, 0.2) is 0 Å². The Balaban J connectivity index is 2.41. The van der Waals surface area contributed by atoms with Crippen LogP contribution in [0.4, 0.5) is 0 Å². The van der Waals surface area contributed by atoms with Gasteiger partial charge in [0.2, 0.25) is 5.91 Å². The Kier molecular flexibility index (Phi) is 5.44. The number of unbranched alkanes of at least 4 members (excludes halogenated alkanes) is 1. The summed E-state index contributed by atoms with van der Waals surface area (Å²) in [7, 11) is 0. The molecule has 0 saturated carbocycles. The number of carbonyl (C=O) groups excluding carboxylic acids is 1. The molecule has 0 aromatic carbocycles. The van der Waals surface area contributed by atoms with Crippen molar-refractivity contribution < 1.29 is 4.79 Å². The lowest BCUT2D eigenvalue weighted by atomic mass is 9.97. The predicted molar refractivity (Wildman–Crippen MR) is 64.2 cm³/mol. The summed E-state index contributed by atoms with van der Waals surface area (Å²) >= 11 is 5.60. The highest BCUT2D eigenvalue weighted by molar-refractivity contribution is 6.17. The van der Waals surface area contributed by atoms with Crippen molar-refractivity contribution in [1.82, 2.24) is 4.90 Å². The van der Waals surface area contributed by atoms with Crippen molar-refractivity contribution >= 4 is 17.5 Å². The van der Waals surface area contributed by atoms with Gasteiger partial charge in [-0.1, -0.05) is 0 Å². The van der Waals surface area contributed by atoms with E-state index in [0.29, 0.717) is 30.3 Å². The van der Waals surface area contributed by atoms with Gasteiger partial charge >= 0.3 is 0 Å². The van der Waals surface area contributed by atoms with Crippen LogP contribution in [0.5, 0.6) is 0 Å². The third kappa shape index (κ3) is 3.67. The fourth-order valence-electron chi connectivity index (χ4n) is 2.41. The van der Waals surface area contributed by atoms with Crippen LogP contribution in [0.25, 0.3) is 0 Å². The first-order chi connectivity index (χ1) is 7.16. The van der Waals surface area contributed by atoms with E-state index in [4.69, 9.17) is 11.6 Å². The zero-order valence-corrected chi connectivity index (χ0v) is 10.6. The van der Waals surface area contributed by atoms with Crippen LogP contribution in [-0.4, -0.2) is 28.8 Å². The molecular weight excluding hydrogens is 210 g/mol. The van der Waals surface area contributed by atoms with E-state index in [0.717, 1.165) is 25.7 Å². The SMILES string of the molecule is C[C@@H]1CCC[C@H](C)N1C(=O)CCCCCl. The second-order valence-corrected chi connectivity index (χ2v) is 4.95. The Morgan fingerprint density at radius 3 is 2.40 bits per heavy atom. The molecule has 1 fully saturated rings. The Hall–Kier alpha value is -0.240. The zero-order chi connectivity index (χ0) is 11.3. The standard InChI is InChI=1S/C12H22ClNO/c1-10-6-5-7-11(2)14(10)12(15)8-3-4-9-13/h10-11H,3-9H2,1-2H3/t10-,11+. The molecule has 0 aromatic heterocycles. The zero-order valence-electron chi connectivity index (χ0n) is 9.84. The lowest BCUT2D eigenvalue weighted by molar-refractivity contribution is -0.137. The number of alkyl halides is 1. The summed E-state index contributed by atoms with van der Waals surface area (Å²) in [4.78, 5) is 14.1. The molecule has 0 aromatic rings. The molecule has 0 unspecified atom stereocenters. The van der Waals surface area contributed by atoms with Crippen molar-refractivity contribution in [2.75, 3.05) is 5.88 Å². The summed E-state index contributed by atoms with van der Waals surface area (Å²) in [6.07, 6.45) is 6.12. The number of amides is 1. The van der Waals surface area contributed by atoms with E-state index in [1.807, 2.05) is 0 Å². The third-order valence-corrected chi connectivity index (χ3v) is 3.52. The molecule has 1 amide bonds. The van der Waals surface area contributed by atoms with Gasteiger partial charge in [-0.15, -0.1) is 11.6 Å². The van der Waals surface area contributed by atoms with Crippen LogP contribution < -0.4 is 0 Å². The predicted octanol–water partition coefficient (Wildman–Crippen LogP) is 3.19. The Morgan fingerprint density at radius 2 is 1.87 bits per heavy atom. The van der Waals surface area contributed by atoms with E-state index in [1.54, 1.807) is 0 Å². The van der Waals surface area contributed by atoms with Crippen molar-refractivity contribution in [3.63, 3.8) is 0 Å². The van der Waals surface area contributed by atoms with Crippen LogP contribution in [0.2, 0.25) is 0 Å². The maximum atomic E-state index is 12.0. The number of rotatable bonds is 4. The first-order valence-electron chi connectivity index (χ1n) is 6.04. The van der Waals surface area contributed by atoms with E-state index in [2.05, 4.69) is 18.7 Å². The first kappa shape index (κ1) is 12.8. The molecule has 0 radical (unpaired) electrons. The summed E-state index contributed by atoms with van der Waals surface area (Å²) in [5.41, 5.74) is 0. The highest BCUT2D eigenvalue weighted by Gasteiger charge is 2.27. The lowest BCUT2D eigenvalue weighted by Gasteiger charge is -2.39. The quantitative estimate of drug-likeness (QED) is 0.538. The number of carbonyl (C=O) groups is 1. The molecule has 0 spiro atoms. The molecule has 1 rings (SSSR count). The fraction of sp³-hybridized carbons (Fsp3) is 0.917. The van der Waals surface area contributed by atoms with Gasteiger partial charge in [-0.3, -0.25) is 4.79 Å². The van der Waals surface area contributed by atoms with E-state index in [9.17, 15) is 4.79 Å². The maximum absolute atomic E-state index is 12.0. The minimum absolute atomic E-state index is 0.319. The molecule has 2 atom stereocenters. The van der Waals surface area contributed by atoms with Crippen LogP contribution in [0, 0.1) is 0 Å². The van der Waals surface area contributed by atoms with Gasteiger partial charge in [0.1, 0.15) is 0 Å². The molecule has 1 heterocycles. The fourth-order valence-corrected chi connectivity index (χ4v) is 2.60. The average molecular weight is 232 g/mol. The molecule has 88 valence electrons. The van der Waals surface area contributed by atoms with Gasteiger partial charge in [0, 0.05) is 24.4 Å². The number of likely N-dealkylation sites (tertiary alicyclic amines) is 1. The van der Waals surface area contributed by atoms with Crippen LogP contribution in [0.3, 0.4) is 0 Å². The first-order valence-corrected chi connectivity index (χ1v) is 6.57. The normalized spacial score (nSPS) is 26.7. The third-order valence-electron chi connectivity index (χ3n) is 3.26. The number of hydrogen-bond donors (Lipinski definition) is 0. The van der Waals surface area contributed by atoms with Crippen LogP contribution in [0.1, 0.15) is 52.4 Å². The molecule has 0 bridgehead atoms. The molecule has 3 heteroatoms. The largest absolute Gasteiger partial charge is 0.337 e. The summed E-state index contributed by atoms with van der Waals surface area (Å²) in [5, 5.41) is 0. The summed E-state index contributed by atoms with van der Waals surface area (Å²) in [6.45, 7) is 4.32. The van der Waals surface area contributed by atoms with Gasteiger partial charge < -0.3 is 4.90 Å². The minimum atomic E-state index is 0.319. The second-order valence-electron chi connectivity index (χ2n) is 4.58. The van der Waals surface area contributed by atoms with Gasteiger partial charge in [-0.2, -0.15) is 0 Å². The number of nitrogens with zero attached hydrogens (tertiary/aromatic N) is 1. The van der Waals surface area contributed by atoms with E-state index >= 15 is 0 Å². The molecule has 1 aliphatic heterocycles. The average Bonchev–Trinajstić information content (AvgIpc) is 2.18. The minimum Gasteiger partial charge on any atom is -0.337 e. The number of halogens is 1. The molecule has 2 nitrogen and oxygen atoms in total. The number of piperidine rings is 1.